The Morgan fingerprint density at radius 1 is 1.30 bits per heavy atom. The minimum absolute atomic E-state index is 0.256. The van der Waals surface area contributed by atoms with Crippen molar-refractivity contribution in [2.45, 2.75) is 26.8 Å². The normalized spacial score (nSPS) is 11.8. The van der Waals surface area contributed by atoms with Crippen LogP contribution < -0.4 is 4.90 Å². The number of amides is 1. The first-order valence-corrected chi connectivity index (χ1v) is 8.52. The number of benzene rings is 1. The van der Waals surface area contributed by atoms with Gasteiger partial charge in [-0.3, -0.25) is 9.69 Å². The van der Waals surface area contributed by atoms with Crippen LogP contribution in [0.3, 0.4) is 0 Å². The Kier molecular flexibility index (Phi) is 5.80. The molecule has 4 nitrogen and oxygen atoms in total. The van der Waals surface area contributed by atoms with Crippen LogP contribution in [0.4, 0.5) is 5.69 Å². The Bertz CT molecular complexity index is 680. The first-order chi connectivity index (χ1) is 11.0. The second-order valence-corrected chi connectivity index (χ2v) is 6.34. The highest BCUT2D eigenvalue weighted by Gasteiger charge is 2.32. The fourth-order valence-corrected chi connectivity index (χ4v) is 3.26. The maximum Gasteiger partial charge on any atom is 0.328 e. The van der Waals surface area contributed by atoms with Crippen LogP contribution in [0.15, 0.2) is 35.7 Å². The number of carbonyl (C=O) groups is 2. The summed E-state index contributed by atoms with van der Waals surface area (Å²) in [6.07, 6.45) is 0. The Hall–Kier alpha value is -1.85. The third-order valence-corrected chi connectivity index (χ3v) is 4.56. The van der Waals surface area contributed by atoms with E-state index in [4.69, 9.17) is 16.3 Å². The highest BCUT2D eigenvalue weighted by molar-refractivity contribution is 7.12. The Balaban J connectivity index is 2.51. The molecule has 0 fully saturated rings. The van der Waals surface area contributed by atoms with Gasteiger partial charge in [0, 0.05) is 0 Å². The van der Waals surface area contributed by atoms with Crippen LogP contribution in [-0.4, -0.2) is 24.5 Å². The number of para-hydroxylation sites is 1. The standard InChI is InChI=1S/C17H18ClNO3S/c1-4-22-17(21)12(3)19(16(20)14-9-6-10-23-14)15-11(2)7-5-8-13(15)18/h5-10,12H,4H2,1-3H3/t12-/m0/s1. The number of carbonyl (C=O) groups excluding carboxylic acids is 2. The number of ether oxygens (including phenoxy) is 1. The SMILES string of the molecule is CCOC(=O)[C@H](C)N(C(=O)c1cccs1)c1c(C)cccc1Cl. The van der Waals surface area contributed by atoms with E-state index in [0.717, 1.165) is 5.56 Å². The van der Waals surface area contributed by atoms with Crippen molar-refractivity contribution in [3.05, 3.63) is 51.2 Å². The molecule has 0 aliphatic heterocycles. The van der Waals surface area contributed by atoms with Crippen molar-refractivity contribution in [3.8, 4) is 0 Å². The molecule has 1 heterocycles. The minimum Gasteiger partial charge on any atom is -0.464 e. The van der Waals surface area contributed by atoms with Crippen molar-refractivity contribution in [1.29, 1.82) is 0 Å². The van der Waals surface area contributed by atoms with E-state index in [1.807, 2.05) is 24.4 Å². The van der Waals surface area contributed by atoms with Gasteiger partial charge in [0.25, 0.3) is 5.91 Å². The molecular formula is C17H18ClNO3S. The molecule has 122 valence electrons. The summed E-state index contributed by atoms with van der Waals surface area (Å²) < 4.78 is 5.08. The number of halogens is 1. The summed E-state index contributed by atoms with van der Waals surface area (Å²) in [7, 11) is 0. The highest BCUT2D eigenvalue weighted by atomic mass is 35.5. The molecule has 1 amide bonds. The fourth-order valence-electron chi connectivity index (χ4n) is 2.29. The number of thiophene rings is 1. The second-order valence-electron chi connectivity index (χ2n) is 4.99. The lowest BCUT2D eigenvalue weighted by Gasteiger charge is -2.29. The molecule has 0 bridgehead atoms. The van der Waals surface area contributed by atoms with Gasteiger partial charge >= 0.3 is 5.97 Å². The summed E-state index contributed by atoms with van der Waals surface area (Å²) in [5, 5.41) is 2.24. The molecule has 0 saturated heterocycles. The fraction of sp³-hybridized carbons (Fsp3) is 0.294. The van der Waals surface area contributed by atoms with Crippen LogP contribution in [-0.2, 0) is 9.53 Å². The summed E-state index contributed by atoms with van der Waals surface area (Å²) in [6, 6.07) is 8.12. The van der Waals surface area contributed by atoms with Gasteiger partial charge in [0.2, 0.25) is 0 Å². The van der Waals surface area contributed by atoms with Crippen LogP contribution >= 0.6 is 22.9 Å². The summed E-state index contributed by atoms with van der Waals surface area (Å²) in [5.74, 6) is -0.728. The molecule has 0 spiro atoms. The number of rotatable bonds is 5. The average Bonchev–Trinajstić information content (AvgIpc) is 3.04. The molecule has 0 unspecified atom stereocenters. The van der Waals surface area contributed by atoms with Crippen molar-refractivity contribution in [2.24, 2.45) is 0 Å². The molecule has 1 aromatic heterocycles. The smallest absolute Gasteiger partial charge is 0.328 e. The lowest BCUT2D eigenvalue weighted by molar-refractivity contribution is -0.144. The number of aryl methyl sites for hydroxylation is 1. The maximum absolute atomic E-state index is 12.9. The molecule has 1 atom stereocenters. The molecule has 0 aliphatic carbocycles. The molecule has 0 radical (unpaired) electrons. The van der Waals surface area contributed by atoms with Gasteiger partial charge in [0.1, 0.15) is 6.04 Å². The first kappa shape index (κ1) is 17.5. The Morgan fingerprint density at radius 2 is 2.04 bits per heavy atom. The lowest BCUT2D eigenvalue weighted by Crippen LogP contribution is -2.44. The van der Waals surface area contributed by atoms with Crippen molar-refractivity contribution in [1.82, 2.24) is 0 Å². The predicted octanol–water partition coefficient (Wildman–Crippen LogP) is 4.31. The quantitative estimate of drug-likeness (QED) is 0.754. The lowest BCUT2D eigenvalue weighted by atomic mass is 10.1. The van der Waals surface area contributed by atoms with E-state index >= 15 is 0 Å². The molecule has 0 saturated carbocycles. The third-order valence-electron chi connectivity index (χ3n) is 3.40. The molecule has 0 aliphatic rings. The number of esters is 1. The zero-order chi connectivity index (χ0) is 17.0. The topological polar surface area (TPSA) is 46.6 Å². The largest absolute Gasteiger partial charge is 0.464 e. The predicted molar refractivity (Wildman–Crippen MR) is 93.4 cm³/mol. The molecule has 2 aromatic rings. The molecule has 2 rings (SSSR count). The highest BCUT2D eigenvalue weighted by Crippen LogP contribution is 2.33. The molecule has 1 aromatic carbocycles. The first-order valence-electron chi connectivity index (χ1n) is 7.26. The van der Waals surface area contributed by atoms with Gasteiger partial charge in [-0.25, -0.2) is 4.79 Å². The summed E-state index contributed by atoms with van der Waals surface area (Å²) in [5.41, 5.74) is 1.35. The monoisotopic (exact) mass is 351 g/mol. The van der Waals surface area contributed by atoms with Gasteiger partial charge in [0.05, 0.1) is 22.2 Å². The van der Waals surface area contributed by atoms with Crippen LogP contribution in [0.5, 0.6) is 0 Å². The number of hydrogen-bond acceptors (Lipinski definition) is 4. The van der Waals surface area contributed by atoms with Crippen molar-refractivity contribution >= 4 is 40.5 Å². The third kappa shape index (κ3) is 3.74. The molecule has 0 N–H and O–H groups in total. The molecule has 6 heteroatoms. The van der Waals surface area contributed by atoms with Crippen molar-refractivity contribution < 1.29 is 14.3 Å². The van der Waals surface area contributed by atoms with E-state index in [9.17, 15) is 9.59 Å². The van der Waals surface area contributed by atoms with Gasteiger partial charge in [-0.05, 0) is 43.8 Å². The van der Waals surface area contributed by atoms with E-state index in [0.29, 0.717) is 15.6 Å². The average molecular weight is 352 g/mol. The summed E-state index contributed by atoms with van der Waals surface area (Å²) in [6.45, 7) is 5.49. The summed E-state index contributed by atoms with van der Waals surface area (Å²) >= 11 is 7.63. The van der Waals surface area contributed by atoms with E-state index in [-0.39, 0.29) is 12.5 Å². The van der Waals surface area contributed by atoms with Crippen molar-refractivity contribution in [2.75, 3.05) is 11.5 Å². The van der Waals surface area contributed by atoms with E-state index in [1.54, 1.807) is 32.0 Å². The van der Waals surface area contributed by atoms with Crippen LogP contribution in [0, 0.1) is 6.92 Å². The van der Waals surface area contributed by atoms with Crippen LogP contribution in [0.25, 0.3) is 0 Å². The Morgan fingerprint density at radius 3 is 2.61 bits per heavy atom. The van der Waals surface area contributed by atoms with Gasteiger partial charge in [-0.15, -0.1) is 11.3 Å². The van der Waals surface area contributed by atoms with Gasteiger partial charge in [0.15, 0.2) is 0 Å². The zero-order valence-electron chi connectivity index (χ0n) is 13.2. The minimum atomic E-state index is -0.775. The molecular weight excluding hydrogens is 334 g/mol. The van der Waals surface area contributed by atoms with E-state index in [1.165, 1.54) is 16.2 Å². The van der Waals surface area contributed by atoms with Crippen LogP contribution in [0.1, 0.15) is 29.1 Å². The maximum atomic E-state index is 12.9. The van der Waals surface area contributed by atoms with E-state index < -0.39 is 12.0 Å². The Labute approximate surface area is 144 Å². The van der Waals surface area contributed by atoms with Crippen LogP contribution in [0.2, 0.25) is 5.02 Å². The van der Waals surface area contributed by atoms with E-state index in [2.05, 4.69) is 0 Å². The van der Waals surface area contributed by atoms with Crippen molar-refractivity contribution in [3.63, 3.8) is 0 Å². The second kappa shape index (κ2) is 7.62. The summed E-state index contributed by atoms with van der Waals surface area (Å²) in [4.78, 5) is 27.1. The van der Waals surface area contributed by atoms with Gasteiger partial charge < -0.3 is 4.74 Å². The molecule has 23 heavy (non-hydrogen) atoms. The van der Waals surface area contributed by atoms with Gasteiger partial charge in [-0.1, -0.05) is 29.8 Å². The number of nitrogens with zero attached hydrogens (tertiary/aromatic N) is 1. The zero-order valence-corrected chi connectivity index (χ0v) is 14.8. The number of hydrogen-bond donors (Lipinski definition) is 0. The number of anilines is 1. The van der Waals surface area contributed by atoms with Gasteiger partial charge in [-0.2, -0.15) is 0 Å².